The Balaban J connectivity index is 1.35. The maximum atomic E-state index is 12.8. The monoisotopic (exact) mass is 336 g/mol. The lowest BCUT2D eigenvalue weighted by atomic mass is 10.2. The Bertz CT molecular complexity index is 921. The summed E-state index contributed by atoms with van der Waals surface area (Å²) in [7, 11) is 0. The molecule has 0 N–H and O–H groups in total. The molecule has 7 heteroatoms. The Morgan fingerprint density at radius 3 is 2.88 bits per heavy atom. The predicted octanol–water partition coefficient (Wildman–Crippen LogP) is 2.11. The Labute approximate surface area is 145 Å². The van der Waals surface area contributed by atoms with Crippen molar-refractivity contribution in [2.75, 3.05) is 6.54 Å². The average molecular weight is 336 g/mol. The number of carbonyl (C=O) groups excluding carboxylic acids is 1. The molecule has 3 aromatic rings. The van der Waals surface area contributed by atoms with Crippen molar-refractivity contribution in [3.63, 3.8) is 0 Å². The molecular formula is C18H20N6O. The Morgan fingerprint density at radius 2 is 2.08 bits per heavy atom. The van der Waals surface area contributed by atoms with Gasteiger partial charge in [0.1, 0.15) is 12.4 Å². The highest BCUT2D eigenvalue weighted by molar-refractivity contribution is 5.80. The summed E-state index contributed by atoms with van der Waals surface area (Å²) in [6.45, 7) is 3.62. The Hall–Kier alpha value is -2.70. The first kappa shape index (κ1) is 14.6. The zero-order valence-electron chi connectivity index (χ0n) is 14.2. The molecule has 1 amide bonds. The third kappa shape index (κ3) is 2.50. The molecule has 128 valence electrons. The van der Waals surface area contributed by atoms with Gasteiger partial charge in [-0.15, -0.1) is 10.2 Å². The fourth-order valence-corrected chi connectivity index (χ4v) is 3.71. The van der Waals surface area contributed by atoms with E-state index in [1.807, 2.05) is 35.4 Å². The number of fused-ring (bicyclic) bond motifs is 2. The van der Waals surface area contributed by atoms with Crippen molar-refractivity contribution in [2.24, 2.45) is 0 Å². The summed E-state index contributed by atoms with van der Waals surface area (Å²) in [5.74, 6) is 2.65. The number of rotatable bonds is 3. The van der Waals surface area contributed by atoms with E-state index < -0.39 is 0 Å². The van der Waals surface area contributed by atoms with Crippen LogP contribution in [0.1, 0.15) is 43.4 Å². The SMILES string of the molecule is C[C@H]1CN(C(=O)Cn2cc3ccccc3n2)Cc2nnc(C3CC3)n21. The quantitative estimate of drug-likeness (QED) is 0.734. The van der Waals surface area contributed by atoms with Crippen molar-refractivity contribution in [2.45, 2.75) is 44.8 Å². The number of carbonyl (C=O) groups is 1. The van der Waals surface area contributed by atoms with Crippen LogP contribution in [-0.2, 0) is 17.9 Å². The molecule has 1 atom stereocenters. The van der Waals surface area contributed by atoms with E-state index in [-0.39, 0.29) is 18.5 Å². The average Bonchev–Trinajstić information content (AvgIpc) is 3.22. The van der Waals surface area contributed by atoms with Crippen LogP contribution in [0, 0.1) is 0 Å². The molecule has 3 heterocycles. The molecule has 25 heavy (non-hydrogen) atoms. The highest BCUT2D eigenvalue weighted by Gasteiger charge is 2.35. The molecule has 1 aliphatic heterocycles. The zero-order chi connectivity index (χ0) is 17.0. The van der Waals surface area contributed by atoms with Crippen molar-refractivity contribution < 1.29 is 4.79 Å². The van der Waals surface area contributed by atoms with Crippen LogP contribution in [0.3, 0.4) is 0 Å². The Morgan fingerprint density at radius 1 is 1.24 bits per heavy atom. The summed E-state index contributed by atoms with van der Waals surface area (Å²) in [5.41, 5.74) is 0.913. The van der Waals surface area contributed by atoms with Crippen molar-refractivity contribution in [1.82, 2.24) is 29.4 Å². The Kier molecular flexibility index (Phi) is 3.16. The number of benzene rings is 1. The standard InChI is InChI=1S/C18H20N6O/c1-12-8-22(10-16-19-20-18(24(12)16)13-6-7-13)17(25)11-23-9-14-4-2-3-5-15(14)21-23/h2-5,9,12-13H,6-8,10-11H2,1H3/t12-/m0/s1. The summed E-state index contributed by atoms with van der Waals surface area (Å²) in [5, 5.41) is 14.2. The number of aromatic nitrogens is 5. The molecule has 2 aliphatic rings. The first-order valence-electron chi connectivity index (χ1n) is 8.82. The summed E-state index contributed by atoms with van der Waals surface area (Å²) in [6.07, 6.45) is 4.34. The topological polar surface area (TPSA) is 68.8 Å². The highest BCUT2D eigenvalue weighted by atomic mass is 16.2. The van der Waals surface area contributed by atoms with Crippen molar-refractivity contribution in [1.29, 1.82) is 0 Å². The van der Waals surface area contributed by atoms with E-state index in [9.17, 15) is 4.79 Å². The predicted molar refractivity (Wildman–Crippen MR) is 91.9 cm³/mol. The summed E-state index contributed by atoms with van der Waals surface area (Å²) < 4.78 is 3.97. The maximum absolute atomic E-state index is 12.8. The molecule has 1 saturated carbocycles. The van der Waals surface area contributed by atoms with Crippen LogP contribution in [0.25, 0.3) is 10.9 Å². The van der Waals surface area contributed by atoms with Crippen LogP contribution in [0.2, 0.25) is 0 Å². The molecular weight excluding hydrogens is 316 g/mol. The molecule has 1 fully saturated rings. The molecule has 0 unspecified atom stereocenters. The molecule has 2 aromatic heterocycles. The minimum atomic E-state index is 0.0712. The van der Waals surface area contributed by atoms with E-state index in [2.05, 4.69) is 26.8 Å². The van der Waals surface area contributed by atoms with E-state index in [4.69, 9.17) is 0 Å². The largest absolute Gasteiger partial charge is 0.331 e. The van der Waals surface area contributed by atoms with E-state index in [0.29, 0.717) is 19.0 Å². The second-order valence-corrected chi connectivity index (χ2v) is 7.13. The van der Waals surface area contributed by atoms with E-state index in [1.54, 1.807) is 4.68 Å². The van der Waals surface area contributed by atoms with Crippen molar-refractivity contribution in [3.8, 4) is 0 Å². The van der Waals surface area contributed by atoms with Gasteiger partial charge in [-0.25, -0.2) is 0 Å². The summed E-state index contributed by atoms with van der Waals surface area (Å²) in [6, 6.07) is 8.12. The molecule has 0 bridgehead atoms. The smallest absolute Gasteiger partial charge is 0.244 e. The van der Waals surface area contributed by atoms with Crippen molar-refractivity contribution in [3.05, 3.63) is 42.1 Å². The molecule has 5 rings (SSSR count). The van der Waals surface area contributed by atoms with Gasteiger partial charge in [-0.2, -0.15) is 5.10 Å². The maximum Gasteiger partial charge on any atom is 0.244 e. The number of nitrogens with zero attached hydrogens (tertiary/aromatic N) is 6. The van der Waals surface area contributed by atoms with Gasteiger partial charge in [0.25, 0.3) is 0 Å². The fraction of sp³-hybridized carbons (Fsp3) is 0.444. The molecule has 0 saturated heterocycles. The molecule has 0 radical (unpaired) electrons. The van der Waals surface area contributed by atoms with Crippen molar-refractivity contribution >= 4 is 16.8 Å². The van der Waals surface area contributed by atoms with Gasteiger partial charge in [-0.1, -0.05) is 18.2 Å². The van der Waals surface area contributed by atoms with Crippen LogP contribution >= 0.6 is 0 Å². The van der Waals surface area contributed by atoms with Gasteiger partial charge in [0.15, 0.2) is 5.82 Å². The van der Waals surface area contributed by atoms with Gasteiger partial charge in [0.05, 0.1) is 18.1 Å². The van der Waals surface area contributed by atoms with Gasteiger partial charge in [0.2, 0.25) is 5.91 Å². The first-order valence-corrected chi connectivity index (χ1v) is 8.82. The van der Waals surface area contributed by atoms with E-state index in [0.717, 1.165) is 22.6 Å². The van der Waals surface area contributed by atoms with Gasteiger partial charge >= 0.3 is 0 Å². The van der Waals surface area contributed by atoms with Crippen LogP contribution in [0.15, 0.2) is 30.5 Å². The fourth-order valence-electron chi connectivity index (χ4n) is 3.71. The molecule has 1 aliphatic carbocycles. The number of hydrogen-bond donors (Lipinski definition) is 0. The third-order valence-electron chi connectivity index (χ3n) is 5.10. The minimum absolute atomic E-state index is 0.0712. The van der Waals surface area contributed by atoms with Crippen LogP contribution in [-0.4, -0.2) is 41.9 Å². The van der Waals surface area contributed by atoms with Gasteiger partial charge < -0.3 is 9.47 Å². The first-order chi connectivity index (χ1) is 12.2. The second-order valence-electron chi connectivity index (χ2n) is 7.13. The lowest BCUT2D eigenvalue weighted by Gasteiger charge is -2.32. The molecule has 0 spiro atoms. The van der Waals surface area contributed by atoms with Gasteiger partial charge in [-0.3, -0.25) is 9.48 Å². The van der Waals surface area contributed by atoms with E-state index >= 15 is 0 Å². The lowest BCUT2D eigenvalue weighted by Crippen LogP contribution is -2.42. The highest BCUT2D eigenvalue weighted by Crippen LogP contribution is 2.40. The number of hydrogen-bond acceptors (Lipinski definition) is 4. The third-order valence-corrected chi connectivity index (χ3v) is 5.10. The van der Waals surface area contributed by atoms with Gasteiger partial charge in [-0.05, 0) is 25.8 Å². The van der Waals surface area contributed by atoms with Gasteiger partial charge in [0, 0.05) is 24.0 Å². The summed E-state index contributed by atoms with van der Waals surface area (Å²) in [4.78, 5) is 14.6. The van der Waals surface area contributed by atoms with E-state index in [1.165, 1.54) is 12.8 Å². The lowest BCUT2D eigenvalue weighted by molar-refractivity contribution is -0.134. The molecule has 7 nitrogen and oxygen atoms in total. The second kappa shape index (κ2) is 5.40. The van der Waals surface area contributed by atoms with Crippen LogP contribution in [0.5, 0.6) is 0 Å². The normalized spacial score (nSPS) is 20.0. The zero-order valence-corrected chi connectivity index (χ0v) is 14.2. The number of amides is 1. The minimum Gasteiger partial charge on any atom is -0.331 e. The summed E-state index contributed by atoms with van der Waals surface area (Å²) >= 11 is 0. The van der Waals surface area contributed by atoms with Crippen LogP contribution < -0.4 is 0 Å². The molecule has 1 aromatic carbocycles. The van der Waals surface area contributed by atoms with Crippen LogP contribution in [0.4, 0.5) is 0 Å².